The lowest BCUT2D eigenvalue weighted by Crippen LogP contribution is -2.37. The van der Waals surface area contributed by atoms with Crippen LogP contribution in [-0.2, 0) is 13.0 Å². The maximum Gasteiger partial charge on any atom is 0.118 e. The summed E-state index contributed by atoms with van der Waals surface area (Å²) in [4.78, 5) is 2.46. The molecular formula is C13H22N2O. The van der Waals surface area contributed by atoms with E-state index in [1.807, 2.05) is 0 Å². The van der Waals surface area contributed by atoms with Crippen LogP contribution in [0.15, 0.2) is 16.5 Å². The highest BCUT2D eigenvalue weighted by Gasteiger charge is 2.19. The molecule has 2 rings (SSSR count). The van der Waals surface area contributed by atoms with Gasteiger partial charge >= 0.3 is 0 Å². The first-order chi connectivity index (χ1) is 7.81. The van der Waals surface area contributed by atoms with Crippen molar-refractivity contribution in [3.63, 3.8) is 0 Å². The molecular weight excluding hydrogens is 200 g/mol. The van der Waals surface area contributed by atoms with Crippen LogP contribution in [0.5, 0.6) is 0 Å². The number of furan rings is 1. The summed E-state index contributed by atoms with van der Waals surface area (Å²) in [7, 11) is 0. The van der Waals surface area contributed by atoms with E-state index in [0.29, 0.717) is 5.92 Å². The Labute approximate surface area is 97.6 Å². The van der Waals surface area contributed by atoms with Gasteiger partial charge in [-0.3, -0.25) is 4.90 Å². The van der Waals surface area contributed by atoms with Gasteiger partial charge in [-0.1, -0.05) is 6.92 Å². The minimum absolute atomic E-state index is 0.675. The van der Waals surface area contributed by atoms with E-state index in [1.54, 1.807) is 0 Å². The lowest BCUT2D eigenvalue weighted by molar-refractivity contribution is 0.159. The lowest BCUT2D eigenvalue weighted by atomic mass is 9.98. The number of nitrogens with two attached hydrogens (primary N) is 1. The fourth-order valence-electron chi connectivity index (χ4n) is 2.40. The average Bonchev–Trinajstić information content (AvgIpc) is 2.77. The Morgan fingerprint density at radius 3 is 2.94 bits per heavy atom. The third-order valence-electron chi connectivity index (χ3n) is 3.38. The van der Waals surface area contributed by atoms with Gasteiger partial charge in [-0.25, -0.2) is 0 Å². The molecule has 2 N–H and O–H groups in total. The first-order valence-corrected chi connectivity index (χ1v) is 6.31. The Morgan fingerprint density at radius 1 is 1.44 bits per heavy atom. The molecule has 1 atom stereocenters. The largest absolute Gasteiger partial charge is 0.465 e. The van der Waals surface area contributed by atoms with E-state index in [0.717, 1.165) is 37.6 Å². The third-order valence-corrected chi connectivity index (χ3v) is 3.38. The summed E-state index contributed by atoms with van der Waals surface area (Å²) in [6.45, 7) is 6.18. The summed E-state index contributed by atoms with van der Waals surface area (Å²) in [5.74, 6) is 2.85. The van der Waals surface area contributed by atoms with Crippen molar-refractivity contribution in [1.82, 2.24) is 4.90 Å². The second kappa shape index (κ2) is 5.51. The molecule has 1 unspecified atom stereocenters. The number of hydrogen-bond donors (Lipinski definition) is 1. The Bertz CT molecular complexity index is 321. The standard InChI is InChI=1S/C13H22N2O/c1-2-12-5-6-13(16-12)10-15-7-3-4-11(8-14)9-15/h5-6,11H,2-4,7-10,14H2,1H3. The molecule has 3 heteroatoms. The average molecular weight is 222 g/mol. The first kappa shape index (κ1) is 11.7. The fourth-order valence-corrected chi connectivity index (χ4v) is 2.40. The van der Waals surface area contributed by atoms with Crippen molar-refractivity contribution in [1.29, 1.82) is 0 Å². The lowest BCUT2D eigenvalue weighted by Gasteiger charge is -2.31. The molecule has 0 radical (unpaired) electrons. The van der Waals surface area contributed by atoms with Gasteiger partial charge in [0.25, 0.3) is 0 Å². The van der Waals surface area contributed by atoms with Gasteiger partial charge in [0.05, 0.1) is 6.54 Å². The van der Waals surface area contributed by atoms with E-state index in [2.05, 4.69) is 24.0 Å². The minimum Gasteiger partial charge on any atom is -0.465 e. The van der Waals surface area contributed by atoms with Crippen molar-refractivity contribution in [2.24, 2.45) is 11.7 Å². The van der Waals surface area contributed by atoms with Gasteiger partial charge < -0.3 is 10.2 Å². The zero-order valence-corrected chi connectivity index (χ0v) is 10.1. The van der Waals surface area contributed by atoms with Gasteiger partial charge in [0.1, 0.15) is 11.5 Å². The smallest absolute Gasteiger partial charge is 0.118 e. The van der Waals surface area contributed by atoms with Crippen molar-refractivity contribution in [2.75, 3.05) is 19.6 Å². The molecule has 3 nitrogen and oxygen atoms in total. The van der Waals surface area contributed by atoms with E-state index in [1.165, 1.54) is 19.4 Å². The quantitative estimate of drug-likeness (QED) is 0.847. The van der Waals surface area contributed by atoms with Crippen LogP contribution < -0.4 is 5.73 Å². The Morgan fingerprint density at radius 2 is 2.25 bits per heavy atom. The molecule has 0 saturated carbocycles. The monoisotopic (exact) mass is 222 g/mol. The topological polar surface area (TPSA) is 42.4 Å². The SMILES string of the molecule is CCc1ccc(CN2CCCC(CN)C2)o1. The van der Waals surface area contributed by atoms with Crippen molar-refractivity contribution in [3.05, 3.63) is 23.7 Å². The van der Waals surface area contributed by atoms with Crippen LogP contribution in [0.2, 0.25) is 0 Å². The summed E-state index contributed by atoms with van der Waals surface area (Å²) in [6.07, 6.45) is 3.53. The van der Waals surface area contributed by atoms with Crippen LogP contribution >= 0.6 is 0 Å². The summed E-state index contributed by atoms with van der Waals surface area (Å²) >= 11 is 0. The molecule has 1 fully saturated rings. The summed E-state index contributed by atoms with van der Waals surface area (Å²) in [5, 5.41) is 0. The second-order valence-corrected chi connectivity index (χ2v) is 4.70. The Balaban J connectivity index is 1.88. The van der Waals surface area contributed by atoms with Crippen LogP contribution in [-0.4, -0.2) is 24.5 Å². The summed E-state index contributed by atoms with van der Waals surface area (Å²) in [5.41, 5.74) is 5.73. The molecule has 1 aliphatic rings. The molecule has 0 bridgehead atoms. The van der Waals surface area contributed by atoms with Gasteiger partial charge in [-0.15, -0.1) is 0 Å². The van der Waals surface area contributed by atoms with Crippen molar-refractivity contribution in [3.8, 4) is 0 Å². The van der Waals surface area contributed by atoms with Gasteiger partial charge in [-0.05, 0) is 44.0 Å². The molecule has 2 heterocycles. The minimum atomic E-state index is 0.675. The highest BCUT2D eigenvalue weighted by molar-refractivity contribution is 5.07. The number of nitrogens with zero attached hydrogens (tertiary/aromatic N) is 1. The van der Waals surface area contributed by atoms with Crippen LogP contribution in [0, 0.1) is 5.92 Å². The first-order valence-electron chi connectivity index (χ1n) is 6.31. The number of aryl methyl sites for hydroxylation is 1. The van der Waals surface area contributed by atoms with Crippen LogP contribution in [0.4, 0.5) is 0 Å². The van der Waals surface area contributed by atoms with Crippen molar-refractivity contribution in [2.45, 2.75) is 32.7 Å². The van der Waals surface area contributed by atoms with Gasteiger partial charge in [0, 0.05) is 13.0 Å². The molecule has 90 valence electrons. The molecule has 1 aromatic heterocycles. The highest BCUT2D eigenvalue weighted by Crippen LogP contribution is 2.18. The fraction of sp³-hybridized carbons (Fsp3) is 0.692. The van der Waals surface area contributed by atoms with E-state index in [-0.39, 0.29) is 0 Å². The van der Waals surface area contributed by atoms with Crippen LogP contribution in [0.3, 0.4) is 0 Å². The number of hydrogen-bond acceptors (Lipinski definition) is 3. The Kier molecular flexibility index (Phi) is 4.02. The molecule has 0 aliphatic carbocycles. The molecule has 0 aromatic carbocycles. The summed E-state index contributed by atoms with van der Waals surface area (Å²) in [6, 6.07) is 4.19. The predicted molar refractivity (Wildman–Crippen MR) is 65.1 cm³/mol. The molecule has 16 heavy (non-hydrogen) atoms. The van der Waals surface area contributed by atoms with Gasteiger partial charge in [0.15, 0.2) is 0 Å². The predicted octanol–water partition coefficient (Wildman–Crippen LogP) is 2.01. The highest BCUT2D eigenvalue weighted by atomic mass is 16.3. The van der Waals surface area contributed by atoms with Crippen LogP contribution in [0.25, 0.3) is 0 Å². The zero-order valence-electron chi connectivity index (χ0n) is 10.1. The molecule has 1 aliphatic heterocycles. The van der Waals surface area contributed by atoms with Crippen LogP contribution in [0.1, 0.15) is 31.3 Å². The third kappa shape index (κ3) is 2.86. The number of piperidine rings is 1. The zero-order chi connectivity index (χ0) is 11.4. The second-order valence-electron chi connectivity index (χ2n) is 4.70. The summed E-state index contributed by atoms with van der Waals surface area (Å²) < 4.78 is 5.73. The maximum absolute atomic E-state index is 5.73. The van der Waals surface area contributed by atoms with Crippen molar-refractivity contribution >= 4 is 0 Å². The molecule has 1 saturated heterocycles. The molecule has 0 spiro atoms. The van der Waals surface area contributed by atoms with Gasteiger partial charge in [-0.2, -0.15) is 0 Å². The number of likely N-dealkylation sites (tertiary alicyclic amines) is 1. The number of rotatable bonds is 4. The maximum atomic E-state index is 5.73. The molecule has 0 amide bonds. The van der Waals surface area contributed by atoms with E-state index >= 15 is 0 Å². The normalized spacial score (nSPS) is 22.5. The Hall–Kier alpha value is -0.800. The van der Waals surface area contributed by atoms with Gasteiger partial charge in [0.2, 0.25) is 0 Å². The van der Waals surface area contributed by atoms with E-state index in [9.17, 15) is 0 Å². The van der Waals surface area contributed by atoms with E-state index in [4.69, 9.17) is 10.2 Å². The van der Waals surface area contributed by atoms with Crippen molar-refractivity contribution < 1.29 is 4.42 Å². The van der Waals surface area contributed by atoms with E-state index < -0.39 is 0 Å². The molecule has 1 aromatic rings.